The summed E-state index contributed by atoms with van der Waals surface area (Å²) in [6, 6.07) is 16.2. The van der Waals surface area contributed by atoms with Gasteiger partial charge in [0.1, 0.15) is 11.4 Å². The zero-order valence-corrected chi connectivity index (χ0v) is 18.4. The van der Waals surface area contributed by atoms with Gasteiger partial charge in [-0.1, -0.05) is 35.9 Å². The molecule has 0 saturated carbocycles. The summed E-state index contributed by atoms with van der Waals surface area (Å²) < 4.78 is 6.92. The van der Waals surface area contributed by atoms with E-state index in [0.29, 0.717) is 29.5 Å². The number of benzene rings is 2. The van der Waals surface area contributed by atoms with Crippen LogP contribution in [0.15, 0.2) is 60.8 Å². The molecule has 0 bridgehead atoms. The van der Waals surface area contributed by atoms with Crippen LogP contribution in [-0.4, -0.2) is 27.4 Å². The lowest BCUT2D eigenvalue weighted by Crippen LogP contribution is -2.32. The highest BCUT2D eigenvalue weighted by molar-refractivity contribution is 6.30. The van der Waals surface area contributed by atoms with Gasteiger partial charge in [0.2, 0.25) is 0 Å². The van der Waals surface area contributed by atoms with Crippen molar-refractivity contribution in [3.8, 4) is 0 Å². The van der Waals surface area contributed by atoms with Crippen LogP contribution in [-0.2, 0) is 17.8 Å². The second kappa shape index (κ2) is 9.66. The molecule has 0 aliphatic carbocycles. The van der Waals surface area contributed by atoms with Gasteiger partial charge >= 0.3 is 6.09 Å². The molecule has 7 nitrogen and oxygen atoms in total. The maximum absolute atomic E-state index is 12.6. The lowest BCUT2D eigenvalue weighted by molar-refractivity contribution is 0.0523. The molecule has 0 aliphatic heterocycles. The third kappa shape index (κ3) is 6.86. The Labute approximate surface area is 186 Å². The summed E-state index contributed by atoms with van der Waals surface area (Å²) in [6.07, 6.45) is 1.15. The van der Waals surface area contributed by atoms with Gasteiger partial charge in [0.25, 0.3) is 5.91 Å². The number of halogens is 1. The topological polar surface area (TPSA) is 85.2 Å². The summed E-state index contributed by atoms with van der Waals surface area (Å²) in [7, 11) is 0. The van der Waals surface area contributed by atoms with Crippen molar-refractivity contribution in [3.63, 3.8) is 0 Å². The van der Waals surface area contributed by atoms with E-state index in [4.69, 9.17) is 16.3 Å². The Morgan fingerprint density at radius 3 is 2.29 bits per heavy atom. The number of ether oxygens (including phenoxy) is 1. The molecule has 0 fully saturated rings. The van der Waals surface area contributed by atoms with E-state index in [9.17, 15) is 9.59 Å². The summed E-state index contributed by atoms with van der Waals surface area (Å²) in [5, 5.41) is 10.5. The summed E-state index contributed by atoms with van der Waals surface area (Å²) in [6.45, 7) is 6.24. The molecule has 2 N–H and O–H groups in total. The fourth-order valence-corrected chi connectivity index (χ4v) is 2.90. The number of hydrogen-bond donors (Lipinski definition) is 2. The average Bonchev–Trinajstić information content (AvgIpc) is 3.14. The van der Waals surface area contributed by atoms with Crippen molar-refractivity contribution in [2.24, 2.45) is 0 Å². The third-order valence-corrected chi connectivity index (χ3v) is 4.51. The zero-order valence-electron chi connectivity index (χ0n) is 17.7. The highest BCUT2D eigenvalue weighted by Crippen LogP contribution is 2.15. The molecule has 2 amide bonds. The van der Waals surface area contributed by atoms with Crippen LogP contribution in [0.2, 0.25) is 5.02 Å². The first kappa shape index (κ1) is 22.4. The van der Waals surface area contributed by atoms with E-state index in [-0.39, 0.29) is 5.91 Å². The van der Waals surface area contributed by atoms with Crippen LogP contribution in [0.3, 0.4) is 0 Å². The highest BCUT2D eigenvalue weighted by atomic mass is 35.5. The standard InChI is InChI=1S/C23H25ClN4O3/c1-23(2,3)31-22(30)25-14-16-4-8-18(9-5-16)21(29)27-20-12-13-26-28(20)15-17-6-10-19(24)11-7-17/h4-13H,14-15H2,1-3H3,(H,25,30)(H,27,29). The number of nitrogens with zero attached hydrogens (tertiary/aromatic N) is 2. The van der Waals surface area contributed by atoms with Crippen LogP contribution in [0.4, 0.5) is 10.6 Å². The number of alkyl carbamates (subject to hydrolysis) is 1. The predicted molar refractivity (Wildman–Crippen MR) is 120 cm³/mol. The first-order chi connectivity index (χ1) is 14.7. The second-order valence-corrected chi connectivity index (χ2v) is 8.44. The summed E-state index contributed by atoms with van der Waals surface area (Å²) in [4.78, 5) is 24.4. The van der Waals surface area contributed by atoms with Gasteiger partial charge in [0.05, 0.1) is 12.7 Å². The number of aromatic nitrogens is 2. The third-order valence-electron chi connectivity index (χ3n) is 4.26. The molecular weight excluding hydrogens is 416 g/mol. The molecule has 31 heavy (non-hydrogen) atoms. The van der Waals surface area contributed by atoms with Crippen molar-refractivity contribution >= 4 is 29.4 Å². The van der Waals surface area contributed by atoms with Crippen molar-refractivity contribution in [1.82, 2.24) is 15.1 Å². The largest absolute Gasteiger partial charge is 0.444 e. The molecular formula is C23H25ClN4O3. The smallest absolute Gasteiger partial charge is 0.407 e. The Hall–Kier alpha value is -3.32. The van der Waals surface area contributed by atoms with Gasteiger partial charge in [0.15, 0.2) is 0 Å². The Morgan fingerprint density at radius 2 is 1.65 bits per heavy atom. The van der Waals surface area contributed by atoms with Crippen LogP contribution < -0.4 is 10.6 Å². The lowest BCUT2D eigenvalue weighted by Gasteiger charge is -2.19. The number of hydrogen-bond acceptors (Lipinski definition) is 4. The lowest BCUT2D eigenvalue weighted by atomic mass is 10.1. The molecule has 2 aromatic carbocycles. The first-order valence-electron chi connectivity index (χ1n) is 9.83. The number of amides is 2. The van der Waals surface area contributed by atoms with Crippen LogP contribution in [0.25, 0.3) is 0 Å². The van der Waals surface area contributed by atoms with Crippen molar-refractivity contribution in [2.45, 2.75) is 39.5 Å². The molecule has 0 atom stereocenters. The van der Waals surface area contributed by atoms with Crippen molar-refractivity contribution in [3.05, 3.63) is 82.5 Å². The quantitative estimate of drug-likeness (QED) is 0.573. The molecule has 0 unspecified atom stereocenters. The molecule has 8 heteroatoms. The van der Waals surface area contributed by atoms with Gasteiger partial charge in [-0.3, -0.25) is 4.79 Å². The average molecular weight is 441 g/mol. The van der Waals surface area contributed by atoms with Crippen LogP contribution in [0, 0.1) is 0 Å². The SMILES string of the molecule is CC(C)(C)OC(=O)NCc1ccc(C(=O)Nc2ccnn2Cc2ccc(Cl)cc2)cc1. The van der Waals surface area contributed by atoms with E-state index in [1.165, 1.54) is 0 Å². The monoisotopic (exact) mass is 440 g/mol. The number of carbonyl (C=O) groups excluding carboxylic acids is 2. The Kier molecular flexibility index (Phi) is 6.97. The highest BCUT2D eigenvalue weighted by Gasteiger charge is 2.16. The van der Waals surface area contributed by atoms with Crippen molar-refractivity contribution < 1.29 is 14.3 Å². The van der Waals surface area contributed by atoms with E-state index in [1.807, 2.05) is 24.3 Å². The fraction of sp³-hybridized carbons (Fsp3) is 0.261. The predicted octanol–water partition coefficient (Wildman–Crippen LogP) is 4.86. The molecule has 0 saturated heterocycles. The van der Waals surface area contributed by atoms with E-state index in [2.05, 4.69) is 15.7 Å². The van der Waals surface area contributed by atoms with Crippen molar-refractivity contribution in [1.29, 1.82) is 0 Å². The van der Waals surface area contributed by atoms with Crippen LogP contribution in [0.5, 0.6) is 0 Å². The number of nitrogens with one attached hydrogen (secondary N) is 2. The van der Waals surface area contributed by atoms with Crippen molar-refractivity contribution in [2.75, 3.05) is 5.32 Å². The summed E-state index contributed by atoms with van der Waals surface area (Å²) >= 11 is 5.93. The molecule has 0 radical (unpaired) electrons. The normalized spacial score (nSPS) is 11.1. The zero-order chi connectivity index (χ0) is 22.4. The molecule has 0 spiro atoms. The molecule has 3 aromatic rings. The molecule has 0 aliphatic rings. The van der Waals surface area contributed by atoms with E-state index in [1.54, 1.807) is 62.0 Å². The van der Waals surface area contributed by atoms with Crippen LogP contribution >= 0.6 is 11.6 Å². The molecule has 1 heterocycles. The van der Waals surface area contributed by atoms with Gasteiger partial charge in [-0.2, -0.15) is 5.10 Å². The Morgan fingerprint density at radius 1 is 1.00 bits per heavy atom. The first-order valence-corrected chi connectivity index (χ1v) is 10.2. The maximum Gasteiger partial charge on any atom is 0.407 e. The number of rotatable bonds is 6. The Balaban J connectivity index is 1.57. The minimum absolute atomic E-state index is 0.246. The molecule has 1 aromatic heterocycles. The number of carbonyl (C=O) groups is 2. The second-order valence-electron chi connectivity index (χ2n) is 8.01. The van der Waals surface area contributed by atoms with Gasteiger partial charge in [0, 0.05) is 23.2 Å². The van der Waals surface area contributed by atoms with E-state index in [0.717, 1.165) is 11.1 Å². The summed E-state index contributed by atoms with van der Waals surface area (Å²) in [5.41, 5.74) is 1.83. The molecule has 3 rings (SSSR count). The van der Waals surface area contributed by atoms with Gasteiger partial charge in [-0.15, -0.1) is 0 Å². The number of anilines is 1. The van der Waals surface area contributed by atoms with Gasteiger partial charge < -0.3 is 15.4 Å². The van der Waals surface area contributed by atoms with E-state index < -0.39 is 11.7 Å². The molecule has 162 valence electrons. The van der Waals surface area contributed by atoms with Gasteiger partial charge in [-0.25, -0.2) is 9.48 Å². The van der Waals surface area contributed by atoms with Crippen LogP contribution in [0.1, 0.15) is 42.3 Å². The maximum atomic E-state index is 12.6. The van der Waals surface area contributed by atoms with E-state index >= 15 is 0 Å². The summed E-state index contributed by atoms with van der Waals surface area (Å²) in [5.74, 6) is 0.347. The Bertz CT molecular complexity index is 1040. The van der Waals surface area contributed by atoms with Gasteiger partial charge in [-0.05, 0) is 56.2 Å². The minimum atomic E-state index is -0.549. The minimum Gasteiger partial charge on any atom is -0.444 e. The fourth-order valence-electron chi connectivity index (χ4n) is 2.78.